The van der Waals surface area contributed by atoms with Gasteiger partial charge >= 0.3 is 0 Å². The molecule has 0 aliphatic heterocycles. The summed E-state index contributed by atoms with van der Waals surface area (Å²) < 4.78 is 7.76. The van der Waals surface area contributed by atoms with Crippen LogP contribution in [0, 0.1) is 20.8 Å². The van der Waals surface area contributed by atoms with Crippen LogP contribution in [0.25, 0.3) is 17.1 Å². The summed E-state index contributed by atoms with van der Waals surface area (Å²) in [6, 6.07) is 23.1. The summed E-state index contributed by atoms with van der Waals surface area (Å²) in [5.41, 5.74) is 7.18. The first-order valence-corrected chi connectivity index (χ1v) is 11.5. The van der Waals surface area contributed by atoms with Crippen molar-refractivity contribution in [1.29, 1.82) is 0 Å². The highest BCUT2D eigenvalue weighted by Gasteiger charge is 2.17. The van der Waals surface area contributed by atoms with Gasteiger partial charge in [-0.3, -0.25) is 4.57 Å². The van der Waals surface area contributed by atoms with Crippen LogP contribution in [-0.4, -0.2) is 21.4 Å². The number of hydrogen-bond donors (Lipinski definition) is 0. The highest BCUT2D eigenvalue weighted by atomic mass is 32.2. The maximum atomic E-state index is 5.62. The number of aromatic nitrogens is 3. The fraction of sp³-hybridized carbons (Fsp3) is 0.231. The Labute approximate surface area is 188 Å². The average Bonchev–Trinajstić information content (AvgIpc) is 3.19. The van der Waals surface area contributed by atoms with Gasteiger partial charge < -0.3 is 4.74 Å². The molecule has 0 atom stereocenters. The van der Waals surface area contributed by atoms with Gasteiger partial charge in [-0.2, -0.15) is 0 Å². The number of nitrogens with zero attached hydrogens (tertiary/aromatic N) is 3. The zero-order valence-electron chi connectivity index (χ0n) is 18.4. The third-order valence-electron chi connectivity index (χ3n) is 5.21. The van der Waals surface area contributed by atoms with Crippen LogP contribution in [0.2, 0.25) is 0 Å². The molecule has 0 bridgehead atoms. The molecule has 0 N–H and O–H groups in total. The van der Waals surface area contributed by atoms with Gasteiger partial charge in [0.15, 0.2) is 11.0 Å². The molecule has 0 aliphatic rings. The van der Waals surface area contributed by atoms with E-state index in [0.29, 0.717) is 6.61 Å². The van der Waals surface area contributed by atoms with E-state index < -0.39 is 0 Å². The Morgan fingerprint density at radius 1 is 0.839 bits per heavy atom. The van der Waals surface area contributed by atoms with Crippen LogP contribution in [0.3, 0.4) is 0 Å². The number of benzene rings is 3. The Bertz CT molecular complexity index is 1160. The van der Waals surface area contributed by atoms with Gasteiger partial charge in [-0.1, -0.05) is 65.4 Å². The second-order valence-electron chi connectivity index (χ2n) is 7.65. The number of aryl methyl sites for hydroxylation is 3. The van der Waals surface area contributed by atoms with E-state index in [1.165, 1.54) is 22.3 Å². The first-order valence-electron chi connectivity index (χ1n) is 10.5. The van der Waals surface area contributed by atoms with Crippen molar-refractivity contribution in [2.75, 3.05) is 6.61 Å². The average molecular weight is 430 g/mol. The SMILES string of the molecule is CCOc1ccc(-n2c(SCc3cc(C)ccc3C)nnc2-c2ccc(C)cc2)cc1. The van der Waals surface area contributed by atoms with Crippen LogP contribution >= 0.6 is 11.8 Å². The maximum absolute atomic E-state index is 5.62. The lowest BCUT2D eigenvalue weighted by molar-refractivity contribution is 0.340. The van der Waals surface area contributed by atoms with Crippen molar-refractivity contribution < 1.29 is 4.74 Å². The third-order valence-corrected chi connectivity index (χ3v) is 6.19. The zero-order valence-corrected chi connectivity index (χ0v) is 19.2. The van der Waals surface area contributed by atoms with Crippen LogP contribution in [0.15, 0.2) is 71.9 Å². The lowest BCUT2D eigenvalue weighted by Crippen LogP contribution is -2.01. The van der Waals surface area contributed by atoms with E-state index >= 15 is 0 Å². The smallest absolute Gasteiger partial charge is 0.196 e. The molecule has 0 fully saturated rings. The zero-order chi connectivity index (χ0) is 21.8. The molecule has 0 unspecified atom stereocenters. The largest absolute Gasteiger partial charge is 0.494 e. The van der Waals surface area contributed by atoms with E-state index in [0.717, 1.165) is 33.7 Å². The van der Waals surface area contributed by atoms with E-state index in [1.54, 1.807) is 11.8 Å². The molecule has 0 aliphatic carbocycles. The topological polar surface area (TPSA) is 39.9 Å². The number of rotatable bonds is 7. The normalized spacial score (nSPS) is 11.0. The summed E-state index contributed by atoms with van der Waals surface area (Å²) in [5.74, 6) is 2.55. The second-order valence-corrected chi connectivity index (χ2v) is 8.60. The molecule has 1 heterocycles. The predicted octanol–water partition coefficient (Wildman–Crippen LogP) is 6.55. The van der Waals surface area contributed by atoms with Crippen LogP contribution in [0.5, 0.6) is 5.75 Å². The minimum Gasteiger partial charge on any atom is -0.494 e. The van der Waals surface area contributed by atoms with Gasteiger partial charge in [0.05, 0.1) is 6.61 Å². The van der Waals surface area contributed by atoms with Gasteiger partial charge in [0.1, 0.15) is 5.75 Å². The van der Waals surface area contributed by atoms with Crippen molar-refractivity contribution in [3.8, 4) is 22.8 Å². The number of ether oxygens (including phenoxy) is 1. The van der Waals surface area contributed by atoms with Crippen molar-refractivity contribution in [1.82, 2.24) is 14.8 Å². The van der Waals surface area contributed by atoms with Gasteiger partial charge in [0.2, 0.25) is 0 Å². The predicted molar refractivity (Wildman–Crippen MR) is 128 cm³/mol. The molecule has 0 saturated carbocycles. The summed E-state index contributed by atoms with van der Waals surface area (Å²) in [6.07, 6.45) is 0. The highest BCUT2D eigenvalue weighted by molar-refractivity contribution is 7.98. The van der Waals surface area contributed by atoms with Crippen LogP contribution < -0.4 is 4.74 Å². The minimum absolute atomic E-state index is 0.650. The summed E-state index contributed by atoms with van der Waals surface area (Å²) in [4.78, 5) is 0. The van der Waals surface area contributed by atoms with Gasteiger partial charge in [-0.05, 0) is 63.1 Å². The molecular weight excluding hydrogens is 402 g/mol. The molecule has 31 heavy (non-hydrogen) atoms. The van der Waals surface area contributed by atoms with Gasteiger partial charge in [-0.15, -0.1) is 10.2 Å². The lowest BCUT2D eigenvalue weighted by Gasteiger charge is -2.12. The van der Waals surface area contributed by atoms with Crippen LogP contribution in [-0.2, 0) is 5.75 Å². The van der Waals surface area contributed by atoms with E-state index in [4.69, 9.17) is 4.74 Å². The first kappa shape index (κ1) is 21.2. The van der Waals surface area contributed by atoms with Gasteiger partial charge in [-0.25, -0.2) is 0 Å². The Kier molecular flexibility index (Phi) is 6.42. The standard InChI is InChI=1S/C26H27N3OS/c1-5-30-24-14-12-23(13-15-24)29-25(21-10-7-18(2)8-11-21)27-28-26(29)31-17-22-16-19(3)6-9-20(22)4/h6-16H,5,17H2,1-4H3. The third kappa shape index (κ3) is 4.83. The fourth-order valence-corrected chi connectivity index (χ4v) is 4.46. The monoisotopic (exact) mass is 429 g/mol. The molecular formula is C26H27N3OS. The van der Waals surface area contributed by atoms with Crippen LogP contribution in [0.4, 0.5) is 0 Å². The molecule has 1 aromatic heterocycles. The Balaban J connectivity index is 1.72. The van der Waals surface area contributed by atoms with E-state index in [9.17, 15) is 0 Å². The Morgan fingerprint density at radius 2 is 1.55 bits per heavy atom. The highest BCUT2D eigenvalue weighted by Crippen LogP contribution is 2.31. The molecule has 158 valence electrons. The van der Waals surface area contributed by atoms with Crippen molar-refractivity contribution in [3.05, 3.63) is 89.0 Å². The molecule has 4 aromatic rings. The first-order chi connectivity index (χ1) is 15.0. The van der Waals surface area contributed by atoms with Crippen molar-refractivity contribution in [2.24, 2.45) is 0 Å². The molecule has 0 spiro atoms. The summed E-state index contributed by atoms with van der Waals surface area (Å²) >= 11 is 1.71. The molecule has 0 amide bonds. The van der Waals surface area contributed by atoms with Crippen LogP contribution in [0.1, 0.15) is 29.2 Å². The molecule has 3 aromatic carbocycles. The fourth-order valence-electron chi connectivity index (χ4n) is 3.44. The van der Waals surface area contributed by atoms with E-state index in [2.05, 4.69) is 90.1 Å². The second kappa shape index (κ2) is 9.40. The number of hydrogen-bond acceptors (Lipinski definition) is 4. The summed E-state index contributed by atoms with van der Waals surface area (Å²) in [6.45, 7) is 9.02. The van der Waals surface area contributed by atoms with E-state index in [1.807, 2.05) is 19.1 Å². The minimum atomic E-state index is 0.650. The molecule has 5 heteroatoms. The van der Waals surface area contributed by atoms with E-state index in [-0.39, 0.29) is 0 Å². The van der Waals surface area contributed by atoms with Gasteiger partial charge in [0, 0.05) is 17.0 Å². The molecule has 4 nitrogen and oxygen atoms in total. The summed E-state index contributed by atoms with van der Waals surface area (Å²) in [7, 11) is 0. The maximum Gasteiger partial charge on any atom is 0.196 e. The Morgan fingerprint density at radius 3 is 2.26 bits per heavy atom. The quantitative estimate of drug-likeness (QED) is 0.312. The van der Waals surface area contributed by atoms with Gasteiger partial charge in [0.25, 0.3) is 0 Å². The van der Waals surface area contributed by atoms with Crippen molar-refractivity contribution in [3.63, 3.8) is 0 Å². The molecule has 0 radical (unpaired) electrons. The molecule has 0 saturated heterocycles. The lowest BCUT2D eigenvalue weighted by atomic mass is 10.1. The number of thioether (sulfide) groups is 1. The summed E-state index contributed by atoms with van der Waals surface area (Å²) in [5, 5.41) is 10.0. The Hall–Kier alpha value is -3.05. The van der Waals surface area contributed by atoms with Crippen molar-refractivity contribution in [2.45, 2.75) is 38.6 Å². The molecule has 4 rings (SSSR count). The van der Waals surface area contributed by atoms with Crippen molar-refractivity contribution >= 4 is 11.8 Å².